The molecule has 2 spiro atoms. The van der Waals surface area contributed by atoms with Gasteiger partial charge in [-0.05, 0) is 87.9 Å². The number of aliphatic hydroxyl groups is 2. The van der Waals surface area contributed by atoms with Crippen LogP contribution in [0.25, 0.3) is 0 Å². The van der Waals surface area contributed by atoms with E-state index in [0.29, 0.717) is 10.8 Å². The lowest BCUT2D eigenvalue weighted by Crippen LogP contribution is -2.52. The zero-order valence-electron chi connectivity index (χ0n) is 21.0. The molecule has 0 aromatic carbocycles. The monoisotopic (exact) mass is 436 g/mol. The third-order valence-corrected chi connectivity index (χ3v) is 9.83. The molecule has 0 amide bonds. The molecule has 2 aliphatic carbocycles. The van der Waals surface area contributed by atoms with Crippen LogP contribution in [0.4, 0.5) is 0 Å². The summed E-state index contributed by atoms with van der Waals surface area (Å²) in [6.45, 7) is 13.4. The van der Waals surface area contributed by atoms with E-state index in [1.807, 2.05) is 13.8 Å². The van der Waals surface area contributed by atoms with Crippen LogP contribution in [-0.4, -0.2) is 45.8 Å². The fraction of sp³-hybridized carbons (Fsp3) is 1.00. The van der Waals surface area contributed by atoms with E-state index in [1.165, 1.54) is 25.7 Å². The maximum absolute atomic E-state index is 11.4. The molecule has 31 heavy (non-hydrogen) atoms. The first-order valence-electron chi connectivity index (χ1n) is 13.0. The van der Waals surface area contributed by atoms with Crippen LogP contribution in [0, 0.1) is 16.2 Å². The van der Waals surface area contributed by atoms with Crippen LogP contribution >= 0.6 is 0 Å². The molecule has 0 radical (unpaired) electrons. The van der Waals surface area contributed by atoms with Crippen LogP contribution in [0.2, 0.25) is 0 Å². The predicted octanol–water partition coefficient (Wildman–Crippen LogP) is 5.77. The van der Waals surface area contributed by atoms with Crippen molar-refractivity contribution in [2.24, 2.45) is 16.2 Å². The van der Waals surface area contributed by atoms with Crippen molar-refractivity contribution < 1.29 is 19.7 Å². The molecule has 4 heteroatoms. The third-order valence-electron chi connectivity index (χ3n) is 9.83. The number of aliphatic hydroxyl groups excluding tert-OH is 2. The van der Waals surface area contributed by atoms with Crippen molar-refractivity contribution in [3.63, 3.8) is 0 Å². The summed E-state index contributed by atoms with van der Waals surface area (Å²) in [5, 5.41) is 22.7. The van der Waals surface area contributed by atoms with Gasteiger partial charge in [-0.15, -0.1) is 0 Å². The van der Waals surface area contributed by atoms with Gasteiger partial charge in [-0.25, -0.2) is 0 Å². The fourth-order valence-corrected chi connectivity index (χ4v) is 6.77. The van der Waals surface area contributed by atoms with E-state index in [9.17, 15) is 10.2 Å². The van der Waals surface area contributed by atoms with E-state index in [-0.39, 0.29) is 23.4 Å². The van der Waals surface area contributed by atoms with Crippen LogP contribution in [0.3, 0.4) is 0 Å². The van der Waals surface area contributed by atoms with Gasteiger partial charge in [0.15, 0.2) is 0 Å². The van der Waals surface area contributed by atoms with Crippen molar-refractivity contribution >= 4 is 0 Å². The number of rotatable bonds is 4. The van der Waals surface area contributed by atoms with Gasteiger partial charge >= 0.3 is 0 Å². The Morgan fingerprint density at radius 2 is 0.935 bits per heavy atom. The van der Waals surface area contributed by atoms with E-state index in [2.05, 4.69) is 27.7 Å². The minimum Gasteiger partial charge on any atom is -0.390 e. The molecule has 4 aliphatic rings. The SMILES string of the molecule is CC1(C)CCC2(CCC(C(O)C(C)(C)C(O)C3CCC4(CCC(C)(C)CC4)O3)O2)CC1. The van der Waals surface area contributed by atoms with Crippen LogP contribution in [0.1, 0.15) is 119 Å². The Kier molecular flexibility index (Phi) is 6.16. The maximum atomic E-state index is 11.4. The summed E-state index contributed by atoms with van der Waals surface area (Å²) < 4.78 is 13.1. The van der Waals surface area contributed by atoms with Crippen molar-refractivity contribution in [2.45, 2.75) is 154 Å². The molecule has 0 bridgehead atoms. The molecular formula is C27H48O4. The second-order valence-electron chi connectivity index (χ2n) is 13.8. The molecule has 2 saturated heterocycles. The molecule has 2 aliphatic heterocycles. The fourth-order valence-electron chi connectivity index (χ4n) is 6.77. The second-order valence-corrected chi connectivity index (χ2v) is 13.8. The van der Waals surface area contributed by atoms with Gasteiger partial charge in [0, 0.05) is 5.41 Å². The molecule has 0 aromatic heterocycles. The Morgan fingerprint density at radius 3 is 1.26 bits per heavy atom. The highest BCUT2D eigenvalue weighted by molar-refractivity contribution is 5.03. The normalized spacial score (nSPS) is 36.0. The highest BCUT2D eigenvalue weighted by Crippen LogP contribution is 2.52. The van der Waals surface area contributed by atoms with Crippen LogP contribution < -0.4 is 0 Å². The summed E-state index contributed by atoms with van der Waals surface area (Å²) in [6.07, 6.45) is 11.3. The first kappa shape index (κ1) is 24.0. The molecule has 2 N–H and O–H groups in total. The molecule has 4 unspecified atom stereocenters. The van der Waals surface area contributed by atoms with Gasteiger partial charge in [0.05, 0.1) is 35.6 Å². The predicted molar refractivity (Wildman–Crippen MR) is 124 cm³/mol. The van der Waals surface area contributed by atoms with Gasteiger partial charge in [-0.1, -0.05) is 41.5 Å². The average molecular weight is 437 g/mol. The Labute approximate surface area is 190 Å². The molecule has 180 valence electrons. The lowest BCUT2D eigenvalue weighted by Gasteiger charge is -2.44. The number of hydrogen-bond donors (Lipinski definition) is 2. The van der Waals surface area contributed by atoms with Crippen LogP contribution in [0.15, 0.2) is 0 Å². The average Bonchev–Trinajstić information content (AvgIpc) is 3.32. The largest absolute Gasteiger partial charge is 0.390 e. The zero-order valence-corrected chi connectivity index (χ0v) is 21.0. The number of hydrogen-bond acceptors (Lipinski definition) is 4. The summed E-state index contributed by atoms with van der Waals surface area (Å²) in [6, 6.07) is 0. The minimum absolute atomic E-state index is 0.0506. The second kappa shape index (κ2) is 7.96. The smallest absolute Gasteiger partial charge is 0.0878 e. The molecule has 4 nitrogen and oxygen atoms in total. The Hall–Kier alpha value is -0.160. The van der Waals surface area contributed by atoms with Gasteiger partial charge in [-0.2, -0.15) is 0 Å². The Morgan fingerprint density at radius 1 is 0.613 bits per heavy atom. The van der Waals surface area contributed by atoms with E-state index in [0.717, 1.165) is 51.4 Å². The van der Waals surface area contributed by atoms with Gasteiger partial charge in [0.1, 0.15) is 0 Å². The van der Waals surface area contributed by atoms with E-state index in [4.69, 9.17) is 9.47 Å². The van der Waals surface area contributed by atoms with Gasteiger partial charge in [0.25, 0.3) is 0 Å². The highest BCUT2D eigenvalue weighted by atomic mass is 16.5. The molecule has 4 rings (SSSR count). The first-order chi connectivity index (χ1) is 14.3. The summed E-state index contributed by atoms with van der Waals surface area (Å²) in [5.74, 6) is 0. The quantitative estimate of drug-likeness (QED) is 0.587. The van der Waals surface area contributed by atoms with Crippen LogP contribution in [0.5, 0.6) is 0 Å². The van der Waals surface area contributed by atoms with Gasteiger partial charge in [-0.3, -0.25) is 0 Å². The standard InChI is InChI=1S/C27H48O4/c1-23(2)11-15-26(16-12-23)9-7-19(30-26)21(28)25(5,6)22(29)20-8-10-27(31-20)17-13-24(3,4)14-18-27/h19-22,28-29H,7-18H2,1-6H3. The Bertz CT molecular complexity index is 578. The topological polar surface area (TPSA) is 58.9 Å². The first-order valence-corrected chi connectivity index (χ1v) is 13.0. The lowest BCUT2D eigenvalue weighted by molar-refractivity contribution is -0.185. The molecular weight excluding hydrogens is 388 g/mol. The maximum Gasteiger partial charge on any atom is 0.0878 e. The molecule has 2 saturated carbocycles. The van der Waals surface area contributed by atoms with E-state index in [1.54, 1.807) is 0 Å². The number of ether oxygens (including phenoxy) is 2. The summed E-state index contributed by atoms with van der Waals surface area (Å²) in [5.41, 5.74) is 0.0556. The molecule has 2 heterocycles. The minimum atomic E-state index is -0.678. The molecule has 4 fully saturated rings. The van der Waals surface area contributed by atoms with Gasteiger partial charge in [0.2, 0.25) is 0 Å². The summed E-state index contributed by atoms with van der Waals surface area (Å²) in [4.78, 5) is 0. The van der Waals surface area contributed by atoms with E-state index >= 15 is 0 Å². The van der Waals surface area contributed by atoms with Crippen molar-refractivity contribution in [3.05, 3.63) is 0 Å². The molecule has 0 aromatic rings. The van der Waals surface area contributed by atoms with Crippen LogP contribution in [-0.2, 0) is 9.47 Å². The van der Waals surface area contributed by atoms with Crippen molar-refractivity contribution in [3.8, 4) is 0 Å². The summed E-state index contributed by atoms with van der Waals surface area (Å²) >= 11 is 0. The Balaban J connectivity index is 1.36. The third kappa shape index (κ3) is 4.74. The van der Waals surface area contributed by atoms with Crippen molar-refractivity contribution in [2.75, 3.05) is 0 Å². The summed E-state index contributed by atoms with van der Waals surface area (Å²) in [7, 11) is 0. The van der Waals surface area contributed by atoms with Gasteiger partial charge < -0.3 is 19.7 Å². The van der Waals surface area contributed by atoms with Crippen molar-refractivity contribution in [1.82, 2.24) is 0 Å². The van der Waals surface area contributed by atoms with E-state index < -0.39 is 17.6 Å². The lowest BCUT2D eigenvalue weighted by atomic mass is 9.70. The highest BCUT2D eigenvalue weighted by Gasteiger charge is 2.54. The van der Waals surface area contributed by atoms with Crippen molar-refractivity contribution in [1.29, 1.82) is 0 Å². The molecule has 4 atom stereocenters. The zero-order chi connectivity index (χ0) is 22.7.